The van der Waals surface area contributed by atoms with Gasteiger partial charge in [0, 0.05) is 5.56 Å². The Morgan fingerprint density at radius 2 is 1.83 bits per heavy atom. The van der Waals surface area contributed by atoms with Crippen LogP contribution in [0.25, 0.3) is 6.08 Å². The maximum absolute atomic E-state index is 12.9. The Labute approximate surface area is 170 Å². The molecule has 0 aliphatic carbocycles. The van der Waals surface area contributed by atoms with E-state index in [1.54, 1.807) is 12.1 Å². The number of hydrogen-bond donors (Lipinski definition) is 0. The number of methoxy groups -OCH3 is 1. The van der Waals surface area contributed by atoms with Crippen molar-refractivity contribution in [1.29, 1.82) is 0 Å². The molecule has 156 valence electrons. The van der Waals surface area contributed by atoms with Crippen LogP contribution >= 0.6 is 0 Å². The van der Waals surface area contributed by atoms with Gasteiger partial charge in [-0.15, -0.1) is 0 Å². The summed E-state index contributed by atoms with van der Waals surface area (Å²) in [5.74, 6) is 0.557. The Hall–Kier alpha value is -3.68. The number of rotatable bonds is 9. The van der Waals surface area contributed by atoms with Crippen LogP contribution in [0.15, 0.2) is 65.1 Å². The number of furan rings is 1. The van der Waals surface area contributed by atoms with Crippen LogP contribution in [0.1, 0.15) is 21.9 Å². The molecule has 2 aromatic carbocycles. The summed E-state index contributed by atoms with van der Waals surface area (Å²) in [5, 5.41) is 0. The highest BCUT2D eigenvalue weighted by Crippen LogP contribution is 2.29. The van der Waals surface area contributed by atoms with E-state index in [1.165, 1.54) is 61.7 Å². The number of benzene rings is 2. The van der Waals surface area contributed by atoms with E-state index in [0.29, 0.717) is 17.3 Å². The topological polar surface area (TPSA) is 57.9 Å². The number of alkyl halides is 2. The second kappa shape index (κ2) is 9.69. The van der Waals surface area contributed by atoms with Crippen LogP contribution in [0, 0.1) is 5.82 Å². The minimum Gasteiger partial charge on any atom is -0.493 e. The molecule has 0 atom stereocenters. The third-order valence-electron chi connectivity index (χ3n) is 3.94. The molecule has 0 aliphatic heterocycles. The lowest BCUT2D eigenvalue weighted by Gasteiger charge is -2.10. The minimum absolute atomic E-state index is 0.0211. The van der Waals surface area contributed by atoms with Gasteiger partial charge in [-0.2, -0.15) is 8.78 Å². The van der Waals surface area contributed by atoms with Gasteiger partial charge in [-0.25, -0.2) is 4.39 Å². The quantitative estimate of drug-likeness (QED) is 0.339. The maximum atomic E-state index is 12.9. The highest BCUT2D eigenvalue weighted by molar-refractivity contribution is 6.07. The Kier molecular flexibility index (Phi) is 6.79. The molecule has 1 heterocycles. The van der Waals surface area contributed by atoms with Crippen LogP contribution < -0.4 is 14.2 Å². The number of carbonyl (C=O) groups excluding carboxylic acids is 1. The second-order valence-corrected chi connectivity index (χ2v) is 5.99. The van der Waals surface area contributed by atoms with Crippen molar-refractivity contribution in [1.82, 2.24) is 0 Å². The molecule has 0 fully saturated rings. The van der Waals surface area contributed by atoms with Crippen LogP contribution in [0.2, 0.25) is 0 Å². The van der Waals surface area contributed by atoms with Crippen LogP contribution in [-0.4, -0.2) is 19.5 Å². The number of allylic oxidation sites excluding steroid dienone is 1. The molecule has 0 amide bonds. The third-order valence-corrected chi connectivity index (χ3v) is 3.94. The smallest absolute Gasteiger partial charge is 0.387 e. The monoisotopic (exact) mass is 418 g/mol. The van der Waals surface area contributed by atoms with Gasteiger partial charge < -0.3 is 18.6 Å². The average molecular weight is 418 g/mol. The Balaban J connectivity index is 1.61. The molecule has 1 aromatic heterocycles. The Bertz CT molecular complexity index is 1030. The summed E-state index contributed by atoms with van der Waals surface area (Å²) < 4.78 is 58.0. The first-order valence-electron chi connectivity index (χ1n) is 8.77. The fraction of sp³-hybridized carbons (Fsp3) is 0.136. The summed E-state index contributed by atoms with van der Waals surface area (Å²) in [4.78, 5) is 12.3. The molecule has 0 N–H and O–H groups in total. The van der Waals surface area contributed by atoms with Gasteiger partial charge >= 0.3 is 6.61 Å². The van der Waals surface area contributed by atoms with Crippen molar-refractivity contribution in [2.75, 3.05) is 7.11 Å². The van der Waals surface area contributed by atoms with Gasteiger partial charge in [-0.05, 0) is 66.7 Å². The molecule has 0 spiro atoms. The van der Waals surface area contributed by atoms with Crippen LogP contribution in [0.4, 0.5) is 13.2 Å². The molecule has 0 radical (unpaired) electrons. The summed E-state index contributed by atoms with van der Waals surface area (Å²) in [6.07, 6.45) is 2.76. The van der Waals surface area contributed by atoms with E-state index in [1.807, 2.05) is 0 Å². The summed E-state index contributed by atoms with van der Waals surface area (Å²) in [5.41, 5.74) is 0.233. The Morgan fingerprint density at radius 3 is 2.53 bits per heavy atom. The first-order chi connectivity index (χ1) is 14.4. The molecular weight excluding hydrogens is 401 g/mol. The molecule has 3 rings (SSSR count). The number of ether oxygens (including phenoxy) is 3. The summed E-state index contributed by atoms with van der Waals surface area (Å²) in [6.45, 7) is -2.86. The lowest BCUT2D eigenvalue weighted by Crippen LogP contribution is -2.04. The molecule has 0 bridgehead atoms. The lowest BCUT2D eigenvalue weighted by atomic mass is 10.1. The van der Waals surface area contributed by atoms with E-state index in [2.05, 4.69) is 4.74 Å². The molecule has 0 saturated carbocycles. The minimum atomic E-state index is -3.00. The van der Waals surface area contributed by atoms with Crippen LogP contribution in [0.5, 0.6) is 17.2 Å². The van der Waals surface area contributed by atoms with Gasteiger partial charge in [0.1, 0.15) is 29.7 Å². The van der Waals surface area contributed by atoms with Gasteiger partial charge in [-0.3, -0.25) is 4.79 Å². The normalized spacial score (nSPS) is 11.1. The molecule has 3 aromatic rings. The van der Waals surface area contributed by atoms with Crippen molar-refractivity contribution >= 4 is 11.9 Å². The SMILES string of the molecule is COc1cc(C(=O)/C=C/c2ccc(COc3ccc(F)cc3)o2)ccc1OC(F)F. The zero-order valence-electron chi connectivity index (χ0n) is 15.8. The van der Waals surface area contributed by atoms with E-state index in [0.717, 1.165) is 0 Å². The molecular formula is C22H17F3O5. The predicted octanol–water partition coefficient (Wildman–Crippen LogP) is 5.50. The summed E-state index contributed by atoms with van der Waals surface area (Å²) in [7, 11) is 1.29. The number of carbonyl (C=O) groups is 1. The average Bonchev–Trinajstić information content (AvgIpc) is 3.19. The van der Waals surface area contributed by atoms with Gasteiger partial charge in [-0.1, -0.05) is 0 Å². The van der Waals surface area contributed by atoms with E-state index >= 15 is 0 Å². The summed E-state index contributed by atoms with van der Waals surface area (Å²) in [6, 6.07) is 12.8. The number of hydrogen-bond acceptors (Lipinski definition) is 5. The zero-order chi connectivity index (χ0) is 21.5. The van der Waals surface area contributed by atoms with E-state index in [4.69, 9.17) is 13.9 Å². The molecule has 8 heteroatoms. The van der Waals surface area contributed by atoms with Crippen molar-refractivity contribution in [3.8, 4) is 17.2 Å². The van der Waals surface area contributed by atoms with Crippen molar-refractivity contribution in [2.24, 2.45) is 0 Å². The molecule has 0 saturated heterocycles. The van der Waals surface area contributed by atoms with Crippen molar-refractivity contribution < 1.29 is 36.6 Å². The number of halogens is 3. The summed E-state index contributed by atoms with van der Waals surface area (Å²) >= 11 is 0. The molecule has 30 heavy (non-hydrogen) atoms. The standard InChI is InChI=1S/C22H17F3O5/c1-27-21-12-14(2-11-20(21)30-22(24)25)19(26)10-9-17-7-8-18(29-17)13-28-16-5-3-15(23)4-6-16/h2-12,22H,13H2,1H3/b10-9+. The number of ketones is 1. The molecule has 0 aliphatic rings. The second-order valence-electron chi connectivity index (χ2n) is 5.99. The lowest BCUT2D eigenvalue weighted by molar-refractivity contribution is -0.0512. The maximum Gasteiger partial charge on any atom is 0.387 e. The van der Waals surface area contributed by atoms with Gasteiger partial charge in [0.05, 0.1) is 7.11 Å². The third kappa shape index (κ3) is 5.66. The fourth-order valence-electron chi connectivity index (χ4n) is 2.52. The van der Waals surface area contributed by atoms with Crippen LogP contribution in [-0.2, 0) is 6.61 Å². The fourth-order valence-corrected chi connectivity index (χ4v) is 2.52. The molecule has 0 unspecified atom stereocenters. The van der Waals surface area contributed by atoms with Gasteiger partial charge in [0.15, 0.2) is 17.3 Å². The highest BCUT2D eigenvalue weighted by atomic mass is 19.3. The van der Waals surface area contributed by atoms with Gasteiger partial charge in [0.2, 0.25) is 0 Å². The highest BCUT2D eigenvalue weighted by Gasteiger charge is 2.13. The van der Waals surface area contributed by atoms with E-state index in [9.17, 15) is 18.0 Å². The van der Waals surface area contributed by atoms with E-state index < -0.39 is 6.61 Å². The Morgan fingerprint density at radius 1 is 1.07 bits per heavy atom. The largest absolute Gasteiger partial charge is 0.493 e. The van der Waals surface area contributed by atoms with Crippen molar-refractivity contribution in [3.05, 3.63) is 83.6 Å². The van der Waals surface area contributed by atoms with Gasteiger partial charge in [0.25, 0.3) is 0 Å². The first-order valence-corrected chi connectivity index (χ1v) is 8.77. The zero-order valence-corrected chi connectivity index (χ0v) is 15.8. The van der Waals surface area contributed by atoms with Crippen molar-refractivity contribution in [2.45, 2.75) is 13.2 Å². The first kappa shape index (κ1) is 21.0. The van der Waals surface area contributed by atoms with E-state index in [-0.39, 0.29) is 35.3 Å². The predicted molar refractivity (Wildman–Crippen MR) is 102 cm³/mol. The van der Waals surface area contributed by atoms with Crippen LogP contribution in [0.3, 0.4) is 0 Å². The van der Waals surface area contributed by atoms with Crippen molar-refractivity contribution in [3.63, 3.8) is 0 Å². The molecule has 5 nitrogen and oxygen atoms in total.